The fraction of sp³-hybridized carbons (Fsp3) is 0.450. The quantitative estimate of drug-likeness (QED) is 0.733. The van der Waals surface area contributed by atoms with Crippen LogP contribution in [0.4, 0.5) is 0 Å². The normalized spacial score (nSPS) is 11.3. The van der Waals surface area contributed by atoms with Crippen LogP contribution in [-0.4, -0.2) is 30.0 Å². The van der Waals surface area contributed by atoms with Crippen LogP contribution in [0.5, 0.6) is 5.75 Å². The van der Waals surface area contributed by atoms with Gasteiger partial charge in [-0.2, -0.15) is 0 Å². The number of rotatable bonds is 7. The summed E-state index contributed by atoms with van der Waals surface area (Å²) < 4.78 is 5.86. The maximum atomic E-state index is 12.0. The molecule has 1 aromatic carbocycles. The Morgan fingerprint density at radius 2 is 1.96 bits per heavy atom. The number of hydrogen-bond acceptors (Lipinski definition) is 6. The minimum atomic E-state index is -1.27. The maximum absolute atomic E-state index is 12.0. The molecule has 0 aliphatic heterocycles. The number of hydrogen-bond donors (Lipinski definition) is 1. The Kier molecular flexibility index (Phi) is 6.59. The molecule has 0 fully saturated rings. The molecule has 7 heteroatoms. The summed E-state index contributed by atoms with van der Waals surface area (Å²) >= 11 is 0.973. The van der Waals surface area contributed by atoms with E-state index in [4.69, 9.17) is 4.74 Å². The van der Waals surface area contributed by atoms with Crippen molar-refractivity contribution in [2.75, 3.05) is 13.2 Å². The van der Waals surface area contributed by atoms with Crippen molar-refractivity contribution in [3.05, 3.63) is 44.9 Å². The highest BCUT2D eigenvalue weighted by atomic mass is 32.1. The van der Waals surface area contributed by atoms with Crippen LogP contribution in [0.2, 0.25) is 0 Å². The molecular formula is C20H25N2O4S-. The predicted molar refractivity (Wildman–Crippen MR) is 103 cm³/mol. The second kappa shape index (κ2) is 8.52. The molecule has 0 bridgehead atoms. The van der Waals surface area contributed by atoms with Crippen LogP contribution in [0.15, 0.2) is 18.2 Å². The summed E-state index contributed by atoms with van der Waals surface area (Å²) in [7, 11) is 0. The molecule has 0 aliphatic carbocycles. The van der Waals surface area contributed by atoms with E-state index in [0.29, 0.717) is 23.9 Å². The van der Waals surface area contributed by atoms with E-state index in [0.717, 1.165) is 22.6 Å². The van der Waals surface area contributed by atoms with Gasteiger partial charge in [0, 0.05) is 0 Å². The molecule has 1 amide bonds. The summed E-state index contributed by atoms with van der Waals surface area (Å²) in [5.41, 5.74) is 2.64. The second-order valence-corrected chi connectivity index (χ2v) is 8.52. The minimum absolute atomic E-state index is 0.0377. The topological polar surface area (TPSA) is 91.3 Å². The lowest BCUT2D eigenvalue weighted by atomic mass is 9.85. The Hall–Kier alpha value is -2.41. The lowest BCUT2D eigenvalue weighted by Gasteiger charge is -2.23. The van der Waals surface area contributed by atoms with E-state index in [9.17, 15) is 14.7 Å². The van der Waals surface area contributed by atoms with Crippen molar-refractivity contribution < 1.29 is 19.4 Å². The average Bonchev–Trinajstić information content (AvgIpc) is 2.92. The SMILES string of the molecule is Cc1ccc(OCCNC(=O)Cc2nc(C)c(C(=O)[O-])s2)c(C(C)(C)C)c1. The molecule has 1 heterocycles. The Morgan fingerprint density at radius 3 is 2.56 bits per heavy atom. The largest absolute Gasteiger partial charge is 0.544 e. The van der Waals surface area contributed by atoms with Gasteiger partial charge in [0.15, 0.2) is 0 Å². The number of carbonyl (C=O) groups excluding carboxylic acids is 2. The predicted octanol–water partition coefficient (Wildman–Crippen LogP) is 2.16. The number of thiazole rings is 1. The van der Waals surface area contributed by atoms with E-state index in [1.54, 1.807) is 6.92 Å². The van der Waals surface area contributed by atoms with E-state index in [2.05, 4.69) is 37.1 Å². The van der Waals surface area contributed by atoms with Crippen molar-refractivity contribution in [3.8, 4) is 5.75 Å². The number of aromatic nitrogens is 1. The first-order valence-electron chi connectivity index (χ1n) is 8.76. The highest BCUT2D eigenvalue weighted by Gasteiger charge is 2.19. The van der Waals surface area contributed by atoms with Gasteiger partial charge < -0.3 is 20.0 Å². The van der Waals surface area contributed by atoms with Gasteiger partial charge in [-0.3, -0.25) is 4.79 Å². The number of carboxylic acid groups (broad SMARTS) is 1. The standard InChI is InChI=1S/C20H26N2O4S/c1-12-6-7-15(14(10-12)20(3,4)5)26-9-8-21-16(23)11-17-22-13(2)18(27-17)19(24)25/h6-7,10H,8-9,11H2,1-5H3,(H,21,23)(H,24,25)/p-1. The Bertz CT molecular complexity index is 837. The zero-order valence-electron chi connectivity index (χ0n) is 16.3. The van der Waals surface area contributed by atoms with Crippen LogP contribution in [0.1, 0.15) is 52.3 Å². The minimum Gasteiger partial charge on any atom is -0.544 e. The van der Waals surface area contributed by atoms with Gasteiger partial charge in [-0.05, 0) is 30.9 Å². The van der Waals surface area contributed by atoms with Crippen LogP contribution in [0.25, 0.3) is 0 Å². The van der Waals surface area contributed by atoms with E-state index >= 15 is 0 Å². The molecule has 0 radical (unpaired) electrons. The third-order valence-corrected chi connectivity index (χ3v) is 5.10. The molecule has 2 rings (SSSR count). The molecule has 0 aliphatic rings. The summed E-state index contributed by atoms with van der Waals surface area (Å²) in [4.78, 5) is 27.1. The number of nitrogens with one attached hydrogen (secondary N) is 1. The molecule has 146 valence electrons. The van der Waals surface area contributed by atoms with Gasteiger partial charge in [-0.15, -0.1) is 11.3 Å². The van der Waals surface area contributed by atoms with Crippen LogP contribution in [-0.2, 0) is 16.6 Å². The highest BCUT2D eigenvalue weighted by Crippen LogP contribution is 2.32. The molecular weight excluding hydrogens is 364 g/mol. The zero-order valence-corrected chi connectivity index (χ0v) is 17.2. The molecule has 0 atom stereocenters. The van der Waals surface area contributed by atoms with Gasteiger partial charge in [0.2, 0.25) is 5.91 Å². The molecule has 0 saturated heterocycles. The number of aromatic carboxylic acids is 1. The summed E-state index contributed by atoms with van der Waals surface area (Å²) in [5, 5.41) is 14.2. The summed E-state index contributed by atoms with van der Waals surface area (Å²) in [6.45, 7) is 10.7. The van der Waals surface area contributed by atoms with Crippen LogP contribution in [0, 0.1) is 13.8 Å². The van der Waals surface area contributed by atoms with E-state index in [-0.39, 0.29) is 22.6 Å². The maximum Gasteiger partial charge on any atom is 0.226 e. The molecule has 6 nitrogen and oxygen atoms in total. The second-order valence-electron chi connectivity index (χ2n) is 7.43. The van der Waals surface area contributed by atoms with Gasteiger partial charge in [-0.25, -0.2) is 4.98 Å². The average molecular weight is 389 g/mol. The number of carbonyl (C=O) groups is 2. The van der Waals surface area contributed by atoms with Crippen molar-refractivity contribution in [1.29, 1.82) is 0 Å². The number of aryl methyl sites for hydroxylation is 2. The number of amides is 1. The zero-order chi connectivity index (χ0) is 20.2. The summed E-state index contributed by atoms with van der Waals surface area (Å²) in [6.07, 6.45) is 0.0383. The lowest BCUT2D eigenvalue weighted by Crippen LogP contribution is -2.29. The Morgan fingerprint density at radius 1 is 1.26 bits per heavy atom. The third-order valence-electron chi connectivity index (χ3n) is 3.96. The van der Waals surface area contributed by atoms with Gasteiger partial charge in [0.05, 0.1) is 29.5 Å². The molecule has 0 spiro atoms. The smallest absolute Gasteiger partial charge is 0.226 e. The number of carboxylic acids is 1. The van der Waals surface area contributed by atoms with E-state index < -0.39 is 5.97 Å². The van der Waals surface area contributed by atoms with Crippen molar-refractivity contribution in [1.82, 2.24) is 10.3 Å². The summed E-state index contributed by atoms with van der Waals surface area (Å²) in [5.74, 6) is -0.675. The molecule has 1 N–H and O–H groups in total. The van der Waals surface area contributed by atoms with Crippen LogP contribution in [0.3, 0.4) is 0 Å². The Balaban J connectivity index is 1.86. The molecule has 0 unspecified atom stereocenters. The lowest BCUT2D eigenvalue weighted by molar-refractivity contribution is -0.254. The van der Waals surface area contributed by atoms with Gasteiger partial charge in [0.1, 0.15) is 17.4 Å². The van der Waals surface area contributed by atoms with Crippen LogP contribution >= 0.6 is 11.3 Å². The van der Waals surface area contributed by atoms with Crippen molar-refractivity contribution in [2.24, 2.45) is 0 Å². The van der Waals surface area contributed by atoms with Crippen molar-refractivity contribution >= 4 is 23.2 Å². The number of ether oxygens (including phenoxy) is 1. The number of nitrogens with zero attached hydrogens (tertiary/aromatic N) is 1. The number of benzene rings is 1. The first-order chi connectivity index (χ1) is 12.6. The van der Waals surface area contributed by atoms with E-state index in [1.165, 1.54) is 5.56 Å². The monoisotopic (exact) mass is 389 g/mol. The van der Waals surface area contributed by atoms with Gasteiger partial charge >= 0.3 is 0 Å². The fourth-order valence-electron chi connectivity index (χ4n) is 2.62. The van der Waals surface area contributed by atoms with Crippen LogP contribution < -0.4 is 15.2 Å². The molecule has 1 aromatic heterocycles. The third kappa shape index (κ3) is 5.79. The molecule has 2 aromatic rings. The fourth-order valence-corrected chi connectivity index (χ4v) is 3.52. The molecule has 0 saturated carbocycles. The first-order valence-corrected chi connectivity index (χ1v) is 9.58. The highest BCUT2D eigenvalue weighted by molar-refractivity contribution is 7.13. The van der Waals surface area contributed by atoms with Crippen molar-refractivity contribution in [3.63, 3.8) is 0 Å². The van der Waals surface area contributed by atoms with E-state index in [1.807, 2.05) is 19.1 Å². The first kappa shape index (κ1) is 20.9. The van der Waals surface area contributed by atoms with Gasteiger partial charge in [-0.1, -0.05) is 38.5 Å². The molecule has 27 heavy (non-hydrogen) atoms. The Labute approximate surface area is 163 Å². The van der Waals surface area contributed by atoms with Gasteiger partial charge in [0.25, 0.3) is 0 Å². The van der Waals surface area contributed by atoms with Crippen molar-refractivity contribution in [2.45, 2.75) is 46.5 Å². The summed E-state index contributed by atoms with van der Waals surface area (Å²) in [6, 6.07) is 6.08.